The minimum atomic E-state index is -0.193. The average Bonchev–Trinajstić information content (AvgIpc) is 3.45. The number of aryl methyl sites for hydroxylation is 1. The quantitative estimate of drug-likeness (QED) is 0.683. The monoisotopic (exact) mass is 416 g/mol. The van der Waals surface area contributed by atoms with Crippen LogP contribution in [0, 0.1) is 18.8 Å². The third-order valence-corrected chi connectivity index (χ3v) is 6.70. The number of aliphatic hydroxyl groups excluding tert-OH is 1. The van der Waals surface area contributed by atoms with Gasteiger partial charge in [-0.1, -0.05) is 12.5 Å². The topological polar surface area (TPSA) is 73.1 Å². The Morgan fingerprint density at radius 1 is 1.13 bits per heavy atom. The predicted molar refractivity (Wildman–Crippen MR) is 120 cm³/mol. The number of fused-ring (bicyclic) bond motifs is 1. The van der Waals surface area contributed by atoms with Crippen LogP contribution in [-0.4, -0.2) is 38.1 Å². The maximum atomic E-state index is 10.4. The smallest absolute Gasteiger partial charge is 0.130 e. The molecular formula is C25H28N4O2. The molecule has 0 spiro atoms. The standard InChI is InChI=1S/C25H28N4O2/c1-15-12-17(19-6-4-7-22(19)30)13-21-24(15)28-25(16(2)27-21)20-9-8-18(14-23(20)31-3)29-11-5-10-26-29/h5,8-12,14,17,19,22,30H,4,6-7,13H2,1-3H3/t17?,19-,22-/m0/s1. The highest BCUT2D eigenvalue weighted by molar-refractivity contribution is 5.74. The Morgan fingerprint density at radius 2 is 2.00 bits per heavy atom. The van der Waals surface area contributed by atoms with E-state index >= 15 is 0 Å². The Hall–Kier alpha value is -2.99. The van der Waals surface area contributed by atoms with Gasteiger partial charge in [0.2, 0.25) is 0 Å². The van der Waals surface area contributed by atoms with Crippen molar-refractivity contribution in [3.05, 3.63) is 59.8 Å². The van der Waals surface area contributed by atoms with Gasteiger partial charge in [0.15, 0.2) is 0 Å². The van der Waals surface area contributed by atoms with Gasteiger partial charge in [-0.15, -0.1) is 0 Å². The number of allylic oxidation sites excluding steroid dienone is 2. The second-order valence-electron chi connectivity index (χ2n) is 8.67. The van der Waals surface area contributed by atoms with Gasteiger partial charge < -0.3 is 9.84 Å². The van der Waals surface area contributed by atoms with Gasteiger partial charge in [0.25, 0.3) is 0 Å². The number of rotatable bonds is 4. The Bertz CT molecular complexity index is 1140. The maximum Gasteiger partial charge on any atom is 0.130 e. The SMILES string of the molecule is COc1cc(-n2cccn2)ccc1-c1nc2c(nc1C)CC([C@@H]1CCC[C@@H]1O)C=C2C. The van der Waals surface area contributed by atoms with E-state index in [1.165, 1.54) is 0 Å². The second kappa shape index (κ2) is 7.93. The molecule has 0 amide bonds. The molecule has 160 valence electrons. The van der Waals surface area contributed by atoms with Crippen molar-refractivity contribution < 1.29 is 9.84 Å². The van der Waals surface area contributed by atoms with E-state index in [0.29, 0.717) is 11.8 Å². The molecule has 0 bridgehead atoms. The fourth-order valence-electron chi connectivity index (χ4n) is 5.14. The van der Waals surface area contributed by atoms with Gasteiger partial charge >= 0.3 is 0 Å². The molecule has 3 atom stereocenters. The summed E-state index contributed by atoms with van der Waals surface area (Å²) in [5.74, 6) is 1.42. The lowest BCUT2D eigenvalue weighted by atomic mass is 9.80. The van der Waals surface area contributed by atoms with E-state index in [2.05, 4.69) is 18.1 Å². The molecule has 6 heteroatoms. The van der Waals surface area contributed by atoms with Crippen molar-refractivity contribution in [2.24, 2.45) is 11.8 Å². The van der Waals surface area contributed by atoms with Crippen molar-refractivity contribution >= 4 is 5.57 Å². The maximum absolute atomic E-state index is 10.4. The number of aliphatic hydroxyl groups is 1. The first kappa shape index (κ1) is 19.9. The Kier molecular flexibility index (Phi) is 5.10. The summed E-state index contributed by atoms with van der Waals surface area (Å²) < 4.78 is 7.52. The summed E-state index contributed by atoms with van der Waals surface area (Å²) in [5, 5.41) is 14.7. The summed E-state index contributed by atoms with van der Waals surface area (Å²) in [6, 6.07) is 7.92. The molecule has 2 aromatic heterocycles. The van der Waals surface area contributed by atoms with Crippen LogP contribution < -0.4 is 4.74 Å². The number of benzene rings is 1. The van der Waals surface area contributed by atoms with E-state index in [-0.39, 0.29) is 6.10 Å². The van der Waals surface area contributed by atoms with Gasteiger partial charge in [-0.25, -0.2) is 9.67 Å². The molecule has 3 aromatic rings. The fourth-order valence-corrected chi connectivity index (χ4v) is 5.14. The summed E-state index contributed by atoms with van der Waals surface area (Å²) in [6.45, 7) is 4.12. The number of nitrogens with zero attached hydrogens (tertiary/aromatic N) is 4. The summed E-state index contributed by atoms with van der Waals surface area (Å²) in [4.78, 5) is 10.0. The van der Waals surface area contributed by atoms with Gasteiger partial charge in [0, 0.05) is 24.0 Å². The van der Waals surface area contributed by atoms with Crippen LogP contribution in [0.4, 0.5) is 0 Å². The zero-order chi connectivity index (χ0) is 21.5. The van der Waals surface area contributed by atoms with E-state index < -0.39 is 0 Å². The lowest BCUT2D eigenvalue weighted by molar-refractivity contribution is 0.110. The van der Waals surface area contributed by atoms with Crippen LogP contribution >= 0.6 is 0 Å². The van der Waals surface area contributed by atoms with Crippen LogP contribution in [0.2, 0.25) is 0 Å². The van der Waals surface area contributed by atoms with Crippen LogP contribution in [0.1, 0.15) is 43.3 Å². The third-order valence-electron chi connectivity index (χ3n) is 6.70. The van der Waals surface area contributed by atoms with Gasteiger partial charge in [0.1, 0.15) is 5.75 Å². The largest absolute Gasteiger partial charge is 0.496 e. The summed E-state index contributed by atoms with van der Waals surface area (Å²) >= 11 is 0. The molecule has 1 fully saturated rings. The first-order valence-corrected chi connectivity index (χ1v) is 11.0. The molecule has 6 nitrogen and oxygen atoms in total. The first-order valence-electron chi connectivity index (χ1n) is 11.0. The highest BCUT2D eigenvalue weighted by Gasteiger charge is 2.34. The van der Waals surface area contributed by atoms with Crippen molar-refractivity contribution in [3.63, 3.8) is 0 Å². The summed E-state index contributed by atoms with van der Waals surface area (Å²) in [7, 11) is 1.68. The Balaban J connectivity index is 1.53. The molecule has 1 aromatic carbocycles. The normalized spacial score (nSPS) is 22.8. The molecule has 2 aliphatic rings. The molecule has 1 saturated carbocycles. The second-order valence-corrected chi connectivity index (χ2v) is 8.67. The van der Waals surface area contributed by atoms with Gasteiger partial charge in [-0.05, 0) is 68.7 Å². The minimum Gasteiger partial charge on any atom is -0.496 e. The average molecular weight is 417 g/mol. The van der Waals surface area contributed by atoms with Gasteiger partial charge in [0.05, 0.1) is 41.7 Å². The number of ether oxygens (including phenoxy) is 1. The zero-order valence-corrected chi connectivity index (χ0v) is 18.2. The van der Waals surface area contributed by atoms with Crippen LogP contribution in [0.3, 0.4) is 0 Å². The van der Waals surface area contributed by atoms with E-state index in [9.17, 15) is 5.11 Å². The fraction of sp³-hybridized carbons (Fsp3) is 0.400. The Labute approximate surface area is 182 Å². The van der Waals surface area contributed by atoms with Crippen molar-refractivity contribution in [3.8, 4) is 22.7 Å². The molecular weight excluding hydrogens is 388 g/mol. The highest BCUT2D eigenvalue weighted by atomic mass is 16.5. The number of hydrogen-bond acceptors (Lipinski definition) is 5. The van der Waals surface area contributed by atoms with E-state index in [4.69, 9.17) is 14.7 Å². The van der Waals surface area contributed by atoms with E-state index in [1.54, 1.807) is 13.3 Å². The molecule has 0 saturated heterocycles. The van der Waals surface area contributed by atoms with E-state index in [0.717, 1.165) is 71.0 Å². The predicted octanol–water partition coefficient (Wildman–Crippen LogP) is 4.38. The van der Waals surface area contributed by atoms with Crippen molar-refractivity contribution in [2.75, 3.05) is 7.11 Å². The summed E-state index contributed by atoms with van der Waals surface area (Å²) in [5.41, 5.74) is 6.74. The van der Waals surface area contributed by atoms with Crippen molar-refractivity contribution in [2.45, 2.75) is 45.6 Å². The van der Waals surface area contributed by atoms with Crippen LogP contribution in [0.5, 0.6) is 5.75 Å². The van der Waals surface area contributed by atoms with Crippen LogP contribution in [-0.2, 0) is 6.42 Å². The lowest BCUT2D eigenvalue weighted by Crippen LogP contribution is -2.26. The first-order chi connectivity index (χ1) is 15.0. The molecule has 1 unspecified atom stereocenters. The number of methoxy groups -OCH3 is 1. The Morgan fingerprint density at radius 3 is 2.71 bits per heavy atom. The molecule has 0 radical (unpaired) electrons. The number of hydrogen-bond donors (Lipinski definition) is 1. The van der Waals surface area contributed by atoms with Crippen molar-refractivity contribution in [1.29, 1.82) is 0 Å². The molecule has 2 aliphatic carbocycles. The molecule has 2 heterocycles. The third kappa shape index (κ3) is 3.55. The molecule has 31 heavy (non-hydrogen) atoms. The molecule has 1 N–H and O–H groups in total. The van der Waals surface area contributed by atoms with Crippen LogP contribution in [0.15, 0.2) is 42.7 Å². The van der Waals surface area contributed by atoms with Crippen molar-refractivity contribution in [1.82, 2.24) is 19.7 Å². The zero-order valence-electron chi connectivity index (χ0n) is 18.2. The van der Waals surface area contributed by atoms with Gasteiger partial charge in [-0.2, -0.15) is 5.10 Å². The van der Waals surface area contributed by atoms with Gasteiger partial charge in [-0.3, -0.25) is 4.98 Å². The lowest BCUT2D eigenvalue weighted by Gasteiger charge is -2.28. The molecule has 5 rings (SSSR count). The van der Waals surface area contributed by atoms with E-state index in [1.807, 2.05) is 42.1 Å². The van der Waals surface area contributed by atoms with Crippen LogP contribution in [0.25, 0.3) is 22.5 Å². The summed E-state index contributed by atoms with van der Waals surface area (Å²) in [6.07, 6.45) is 9.73. The number of aromatic nitrogens is 4. The molecule has 0 aliphatic heterocycles. The highest BCUT2D eigenvalue weighted by Crippen LogP contribution is 2.40. The minimum absolute atomic E-state index is 0.193.